The first-order valence-corrected chi connectivity index (χ1v) is 6.91. The molecule has 0 atom stereocenters. The predicted molar refractivity (Wildman–Crippen MR) is 76.2 cm³/mol. The Morgan fingerprint density at radius 2 is 1.95 bits per heavy atom. The number of carbonyl (C=O) groups excluding carboxylic acids is 1. The van der Waals surface area contributed by atoms with Crippen molar-refractivity contribution in [1.82, 2.24) is 0 Å². The maximum Gasteiger partial charge on any atom is 0.152 e. The zero-order valence-corrected chi connectivity index (χ0v) is 11.9. The molecule has 0 N–H and O–H groups in total. The van der Waals surface area contributed by atoms with E-state index in [0.29, 0.717) is 22.7 Å². The van der Waals surface area contributed by atoms with Gasteiger partial charge in [0, 0.05) is 18.7 Å². The minimum absolute atomic E-state index is 0.308. The van der Waals surface area contributed by atoms with Crippen LogP contribution in [0.3, 0.4) is 0 Å². The second-order valence-corrected chi connectivity index (χ2v) is 6.30. The molecule has 0 bridgehead atoms. The van der Waals surface area contributed by atoms with Gasteiger partial charge in [0.15, 0.2) is 6.29 Å². The van der Waals surface area contributed by atoms with Crippen LogP contribution in [-0.2, 0) is 0 Å². The summed E-state index contributed by atoms with van der Waals surface area (Å²) in [6.07, 6.45) is 5.13. The van der Waals surface area contributed by atoms with Crippen LogP contribution in [0.15, 0.2) is 18.2 Å². The van der Waals surface area contributed by atoms with E-state index in [9.17, 15) is 9.18 Å². The number of carbonyl (C=O) groups is 1. The Morgan fingerprint density at radius 1 is 1.32 bits per heavy atom. The van der Waals surface area contributed by atoms with Crippen molar-refractivity contribution in [2.45, 2.75) is 45.6 Å². The van der Waals surface area contributed by atoms with Crippen LogP contribution in [0.25, 0.3) is 0 Å². The van der Waals surface area contributed by atoms with Crippen LogP contribution < -0.4 is 4.90 Å². The number of anilines is 1. The molecule has 0 aromatic heterocycles. The Morgan fingerprint density at radius 3 is 2.53 bits per heavy atom. The Bertz CT molecular complexity index is 460. The molecule has 1 aromatic carbocycles. The zero-order valence-electron chi connectivity index (χ0n) is 11.9. The fourth-order valence-corrected chi connectivity index (χ4v) is 2.95. The largest absolute Gasteiger partial charge is 0.369 e. The zero-order chi connectivity index (χ0) is 14.0. The van der Waals surface area contributed by atoms with E-state index in [0.717, 1.165) is 32.0 Å². The lowest BCUT2D eigenvalue weighted by atomic mass is 9.75. The highest BCUT2D eigenvalue weighted by molar-refractivity contribution is 5.84. The van der Waals surface area contributed by atoms with E-state index in [4.69, 9.17) is 0 Å². The van der Waals surface area contributed by atoms with Crippen LogP contribution in [0.5, 0.6) is 0 Å². The molecule has 0 amide bonds. The number of hydrogen-bond acceptors (Lipinski definition) is 2. The Kier molecular flexibility index (Phi) is 3.93. The molecule has 0 heterocycles. The van der Waals surface area contributed by atoms with Gasteiger partial charge in [0.05, 0.1) is 5.69 Å². The van der Waals surface area contributed by atoms with Crippen LogP contribution in [0, 0.1) is 11.2 Å². The van der Waals surface area contributed by atoms with Crippen LogP contribution in [0.4, 0.5) is 10.1 Å². The van der Waals surface area contributed by atoms with Crippen molar-refractivity contribution in [3.63, 3.8) is 0 Å². The SMILES string of the molecule is CN(c1c(F)cccc1C=O)C1CCC(C)(C)CC1. The summed E-state index contributed by atoms with van der Waals surface area (Å²) in [5.41, 5.74) is 1.27. The van der Waals surface area contributed by atoms with Crippen molar-refractivity contribution in [1.29, 1.82) is 0 Å². The summed E-state index contributed by atoms with van der Waals surface area (Å²) < 4.78 is 14.0. The molecule has 2 rings (SSSR count). The lowest BCUT2D eigenvalue weighted by molar-refractivity contribution is 0.112. The molecule has 0 saturated heterocycles. The fourth-order valence-electron chi connectivity index (χ4n) is 2.95. The van der Waals surface area contributed by atoms with Gasteiger partial charge in [-0.3, -0.25) is 4.79 Å². The lowest BCUT2D eigenvalue weighted by Crippen LogP contribution is -2.38. The molecule has 0 aliphatic heterocycles. The van der Waals surface area contributed by atoms with E-state index in [2.05, 4.69) is 13.8 Å². The third-order valence-corrected chi connectivity index (χ3v) is 4.35. The second-order valence-electron chi connectivity index (χ2n) is 6.30. The predicted octanol–water partition coefficient (Wildman–Crippen LogP) is 4.04. The molecule has 1 fully saturated rings. The molecule has 19 heavy (non-hydrogen) atoms. The summed E-state index contributed by atoms with van der Waals surface area (Å²) in [4.78, 5) is 13.0. The third-order valence-electron chi connectivity index (χ3n) is 4.35. The maximum atomic E-state index is 14.0. The van der Waals surface area contributed by atoms with Crippen LogP contribution in [0.2, 0.25) is 0 Å². The Hall–Kier alpha value is -1.38. The molecule has 104 valence electrons. The second kappa shape index (κ2) is 5.32. The summed E-state index contributed by atoms with van der Waals surface area (Å²) in [5, 5.41) is 0. The number of hydrogen-bond donors (Lipinski definition) is 0. The van der Waals surface area contributed by atoms with Gasteiger partial charge in [0.25, 0.3) is 0 Å². The van der Waals surface area contributed by atoms with Gasteiger partial charge in [0.2, 0.25) is 0 Å². The molecule has 1 aliphatic carbocycles. The van der Waals surface area contributed by atoms with Gasteiger partial charge < -0.3 is 4.90 Å². The lowest BCUT2D eigenvalue weighted by Gasteiger charge is -2.40. The Balaban J connectivity index is 2.21. The summed E-state index contributed by atoms with van der Waals surface area (Å²) >= 11 is 0. The van der Waals surface area contributed by atoms with Gasteiger partial charge in [-0.1, -0.05) is 19.9 Å². The van der Waals surface area contributed by atoms with Crippen molar-refractivity contribution < 1.29 is 9.18 Å². The highest BCUT2D eigenvalue weighted by Crippen LogP contribution is 2.38. The third kappa shape index (κ3) is 2.96. The van der Waals surface area contributed by atoms with Crippen molar-refractivity contribution >= 4 is 12.0 Å². The van der Waals surface area contributed by atoms with Crippen LogP contribution in [0.1, 0.15) is 49.9 Å². The molecule has 1 saturated carbocycles. The molecule has 1 aromatic rings. The molecule has 0 unspecified atom stereocenters. The highest BCUT2D eigenvalue weighted by Gasteiger charge is 2.30. The summed E-state index contributed by atoms with van der Waals surface area (Å²) in [7, 11) is 1.90. The molecular weight excluding hydrogens is 241 g/mol. The topological polar surface area (TPSA) is 20.3 Å². The van der Waals surface area contributed by atoms with Gasteiger partial charge in [-0.25, -0.2) is 4.39 Å². The van der Waals surface area contributed by atoms with E-state index >= 15 is 0 Å². The number of nitrogens with zero attached hydrogens (tertiary/aromatic N) is 1. The van der Waals surface area contributed by atoms with Crippen molar-refractivity contribution in [3.05, 3.63) is 29.6 Å². The van der Waals surface area contributed by atoms with Gasteiger partial charge in [-0.05, 0) is 43.2 Å². The van der Waals surface area contributed by atoms with E-state index < -0.39 is 0 Å². The number of aldehydes is 1. The standard InChI is InChI=1S/C16H22FNO/c1-16(2)9-7-13(8-10-16)18(3)15-12(11-19)5-4-6-14(15)17/h4-6,11,13H,7-10H2,1-3H3. The molecular formula is C16H22FNO. The average molecular weight is 263 g/mol. The summed E-state index contributed by atoms with van der Waals surface area (Å²) in [6, 6.07) is 5.00. The first kappa shape index (κ1) is 14.0. The minimum Gasteiger partial charge on any atom is -0.369 e. The van der Waals surface area contributed by atoms with Gasteiger partial charge in [-0.15, -0.1) is 0 Å². The molecule has 2 nitrogen and oxygen atoms in total. The highest BCUT2D eigenvalue weighted by atomic mass is 19.1. The average Bonchev–Trinajstić information content (AvgIpc) is 2.37. The minimum atomic E-state index is -0.308. The van der Waals surface area contributed by atoms with E-state index in [1.807, 2.05) is 11.9 Å². The molecule has 3 heteroatoms. The number of benzene rings is 1. The van der Waals surface area contributed by atoms with Gasteiger partial charge in [-0.2, -0.15) is 0 Å². The first-order chi connectivity index (χ1) is 8.94. The van der Waals surface area contributed by atoms with Crippen molar-refractivity contribution in [3.8, 4) is 0 Å². The molecule has 0 spiro atoms. The van der Waals surface area contributed by atoms with Crippen LogP contribution >= 0.6 is 0 Å². The van der Waals surface area contributed by atoms with E-state index in [1.165, 1.54) is 6.07 Å². The summed E-state index contributed by atoms with van der Waals surface area (Å²) in [5.74, 6) is -0.308. The molecule has 0 radical (unpaired) electrons. The van der Waals surface area contributed by atoms with E-state index in [-0.39, 0.29) is 5.82 Å². The molecule has 1 aliphatic rings. The number of rotatable bonds is 3. The normalized spacial score (nSPS) is 19.2. The fraction of sp³-hybridized carbons (Fsp3) is 0.562. The number of halogens is 1. The van der Waals surface area contributed by atoms with Gasteiger partial charge >= 0.3 is 0 Å². The number of para-hydroxylation sites is 1. The monoisotopic (exact) mass is 263 g/mol. The Labute approximate surface area is 114 Å². The van der Waals surface area contributed by atoms with Crippen molar-refractivity contribution in [2.75, 3.05) is 11.9 Å². The van der Waals surface area contributed by atoms with E-state index in [1.54, 1.807) is 12.1 Å². The smallest absolute Gasteiger partial charge is 0.152 e. The maximum absolute atomic E-state index is 14.0. The quantitative estimate of drug-likeness (QED) is 0.767. The van der Waals surface area contributed by atoms with Crippen molar-refractivity contribution in [2.24, 2.45) is 5.41 Å². The van der Waals surface area contributed by atoms with Crippen LogP contribution in [-0.4, -0.2) is 19.4 Å². The summed E-state index contributed by atoms with van der Waals surface area (Å²) in [6.45, 7) is 4.56. The first-order valence-electron chi connectivity index (χ1n) is 6.91. The van der Waals surface area contributed by atoms with Gasteiger partial charge in [0.1, 0.15) is 5.82 Å².